The molecule has 2 heterocycles. The predicted molar refractivity (Wildman–Crippen MR) is 90.5 cm³/mol. The van der Waals surface area contributed by atoms with E-state index in [2.05, 4.69) is 0 Å². The fraction of sp³-hybridized carbons (Fsp3) is 0.263. The minimum absolute atomic E-state index is 0.240. The molecule has 2 aromatic rings. The van der Waals surface area contributed by atoms with Crippen LogP contribution in [-0.4, -0.2) is 36.5 Å². The van der Waals surface area contributed by atoms with Crippen molar-refractivity contribution in [2.45, 2.75) is 12.5 Å². The molecule has 0 radical (unpaired) electrons. The van der Waals surface area contributed by atoms with E-state index in [9.17, 15) is 9.59 Å². The normalized spacial score (nSPS) is 18.4. The van der Waals surface area contributed by atoms with Crippen LogP contribution in [0.15, 0.2) is 42.5 Å². The predicted octanol–water partition coefficient (Wildman–Crippen LogP) is 1.68. The van der Waals surface area contributed by atoms with E-state index in [-0.39, 0.29) is 5.91 Å². The molecule has 6 heteroatoms. The number of nitrogens with zero attached hydrogens (tertiary/aromatic N) is 1. The zero-order valence-electron chi connectivity index (χ0n) is 13.6. The zero-order valence-corrected chi connectivity index (χ0v) is 13.6. The molecule has 1 unspecified atom stereocenters. The molecule has 0 saturated carbocycles. The lowest BCUT2D eigenvalue weighted by atomic mass is 9.91. The topological polar surface area (TPSA) is 81.9 Å². The van der Waals surface area contributed by atoms with Gasteiger partial charge in [0.1, 0.15) is 19.3 Å². The molecular formula is C19H18N2O4. The van der Waals surface area contributed by atoms with Crippen molar-refractivity contribution in [1.82, 2.24) is 4.90 Å². The number of nitrogens with two attached hydrogens (primary N) is 1. The number of carbonyl (C=O) groups is 2. The van der Waals surface area contributed by atoms with Crippen LogP contribution in [0.1, 0.15) is 27.5 Å². The Kier molecular flexibility index (Phi) is 3.80. The van der Waals surface area contributed by atoms with Gasteiger partial charge in [-0.15, -0.1) is 0 Å². The Balaban J connectivity index is 1.69. The SMILES string of the molecule is NC(=O)C1c2ccccc2CCN1C(=O)c1ccc2c(c1)OCCO2. The fourth-order valence-corrected chi connectivity index (χ4v) is 3.43. The first-order chi connectivity index (χ1) is 12.1. The van der Waals surface area contributed by atoms with Gasteiger partial charge in [0.15, 0.2) is 11.5 Å². The van der Waals surface area contributed by atoms with E-state index in [0.717, 1.165) is 11.1 Å². The number of amides is 2. The maximum Gasteiger partial charge on any atom is 0.254 e. The van der Waals surface area contributed by atoms with Gasteiger partial charge in [-0.25, -0.2) is 0 Å². The van der Waals surface area contributed by atoms with Gasteiger partial charge in [0.25, 0.3) is 5.91 Å². The van der Waals surface area contributed by atoms with Gasteiger partial charge in [-0.2, -0.15) is 0 Å². The van der Waals surface area contributed by atoms with Gasteiger partial charge in [0.2, 0.25) is 5.91 Å². The Bertz CT molecular complexity index is 849. The number of ether oxygens (including phenoxy) is 2. The second-order valence-corrected chi connectivity index (χ2v) is 6.11. The van der Waals surface area contributed by atoms with Crippen LogP contribution in [0.5, 0.6) is 11.5 Å². The minimum Gasteiger partial charge on any atom is -0.486 e. The van der Waals surface area contributed by atoms with E-state index in [4.69, 9.17) is 15.2 Å². The zero-order chi connectivity index (χ0) is 17.4. The molecule has 0 spiro atoms. The van der Waals surface area contributed by atoms with Gasteiger partial charge in [-0.3, -0.25) is 9.59 Å². The van der Waals surface area contributed by atoms with E-state index >= 15 is 0 Å². The summed E-state index contributed by atoms with van der Waals surface area (Å²) >= 11 is 0. The van der Waals surface area contributed by atoms with Gasteiger partial charge < -0.3 is 20.1 Å². The number of rotatable bonds is 2. The van der Waals surface area contributed by atoms with Crippen LogP contribution in [0.3, 0.4) is 0 Å². The van der Waals surface area contributed by atoms with E-state index in [1.165, 1.54) is 4.90 Å². The van der Waals surface area contributed by atoms with Gasteiger partial charge in [0.05, 0.1) is 0 Å². The lowest BCUT2D eigenvalue weighted by Gasteiger charge is -2.35. The third-order valence-corrected chi connectivity index (χ3v) is 4.60. The Morgan fingerprint density at radius 2 is 1.80 bits per heavy atom. The summed E-state index contributed by atoms with van der Waals surface area (Å²) in [6.07, 6.45) is 0.691. The maximum atomic E-state index is 13.0. The highest BCUT2D eigenvalue weighted by atomic mass is 16.6. The molecule has 2 aliphatic rings. The second kappa shape index (κ2) is 6.12. The summed E-state index contributed by atoms with van der Waals surface area (Å²) in [4.78, 5) is 26.6. The summed E-state index contributed by atoms with van der Waals surface area (Å²) in [5.74, 6) is 0.400. The van der Waals surface area contributed by atoms with Crippen LogP contribution >= 0.6 is 0 Å². The second-order valence-electron chi connectivity index (χ2n) is 6.11. The van der Waals surface area contributed by atoms with Gasteiger partial charge in [0, 0.05) is 12.1 Å². The molecule has 0 fully saturated rings. The quantitative estimate of drug-likeness (QED) is 0.903. The Hall–Kier alpha value is -3.02. The number of benzene rings is 2. The lowest BCUT2D eigenvalue weighted by molar-refractivity contribution is -0.123. The van der Waals surface area contributed by atoms with Crippen molar-refractivity contribution >= 4 is 11.8 Å². The molecular weight excluding hydrogens is 320 g/mol. The maximum absolute atomic E-state index is 13.0. The van der Waals surface area contributed by atoms with Crippen LogP contribution in [0, 0.1) is 0 Å². The highest BCUT2D eigenvalue weighted by Gasteiger charge is 2.35. The first-order valence-corrected chi connectivity index (χ1v) is 8.23. The molecule has 6 nitrogen and oxygen atoms in total. The van der Waals surface area contributed by atoms with Gasteiger partial charge in [-0.05, 0) is 35.7 Å². The number of carbonyl (C=O) groups excluding carboxylic acids is 2. The molecule has 128 valence electrons. The molecule has 2 aromatic carbocycles. The molecule has 25 heavy (non-hydrogen) atoms. The highest BCUT2D eigenvalue weighted by Crippen LogP contribution is 2.34. The largest absolute Gasteiger partial charge is 0.486 e. The van der Waals surface area contributed by atoms with E-state index < -0.39 is 11.9 Å². The number of fused-ring (bicyclic) bond motifs is 2. The standard InChI is InChI=1S/C19H18N2O4/c20-18(22)17-14-4-2-1-3-12(14)7-8-21(17)19(23)13-5-6-15-16(11-13)25-10-9-24-15/h1-6,11,17H,7-10H2,(H2,20,22). The molecule has 0 saturated heterocycles. The smallest absolute Gasteiger partial charge is 0.254 e. The van der Waals surface area contributed by atoms with Gasteiger partial charge in [-0.1, -0.05) is 24.3 Å². The van der Waals surface area contributed by atoms with Crippen LogP contribution in [0.4, 0.5) is 0 Å². The van der Waals surface area contributed by atoms with E-state index in [1.807, 2.05) is 24.3 Å². The van der Waals surface area contributed by atoms with Crippen LogP contribution in [-0.2, 0) is 11.2 Å². The van der Waals surface area contributed by atoms with Crippen LogP contribution < -0.4 is 15.2 Å². The third kappa shape index (κ3) is 2.69. The fourth-order valence-electron chi connectivity index (χ4n) is 3.43. The molecule has 0 bridgehead atoms. The molecule has 2 N–H and O–H groups in total. The third-order valence-electron chi connectivity index (χ3n) is 4.60. The van der Waals surface area contributed by atoms with Crippen molar-refractivity contribution in [3.8, 4) is 11.5 Å². The summed E-state index contributed by atoms with van der Waals surface area (Å²) in [5.41, 5.74) is 7.93. The van der Waals surface area contributed by atoms with E-state index in [0.29, 0.717) is 43.2 Å². The number of hydrogen-bond acceptors (Lipinski definition) is 4. The van der Waals surface area contributed by atoms with Crippen LogP contribution in [0.25, 0.3) is 0 Å². The van der Waals surface area contributed by atoms with Crippen molar-refractivity contribution in [3.63, 3.8) is 0 Å². The first-order valence-electron chi connectivity index (χ1n) is 8.23. The van der Waals surface area contributed by atoms with Crippen molar-refractivity contribution < 1.29 is 19.1 Å². The van der Waals surface area contributed by atoms with E-state index in [1.54, 1.807) is 18.2 Å². The lowest BCUT2D eigenvalue weighted by Crippen LogP contribution is -2.45. The Labute approximate surface area is 145 Å². The Morgan fingerprint density at radius 1 is 1.04 bits per heavy atom. The minimum atomic E-state index is -0.759. The average Bonchev–Trinajstić information content (AvgIpc) is 2.66. The molecule has 4 rings (SSSR count). The first kappa shape index (κ1) is 15.5. The van der Waals surface area contributed by atoms with Crippen LogP contribution in [0.2, 0.25) is 0 Å². The van der Waals surface area contributed by atoms with Crippen molar-refractivity contribution in [3.05, 3.63) is 59.2 Å². The van der Waals surface area contributed by atoms with Crippen molar-refractivity contribution in [2.75, 3.05) is 19.8 Å². The van der Waals surface area contributed by atoms with Crippen molar-refractivity contribution in [1.29, 1.82) is 0 Å². The Morgan fingerprint density at radius 3 is 2.60 bits per heavy atom. The molecule has 1 atom stereocenters. The average molecular weight is 338 g/mol. The molecule has 2 amide bonds. The molecule has 0 aliphatic carbocycles. The molecule has 0 aromatic heterocycles. The van der Waals surface area contributed by atoms with Gasteiger partial charge >= 0.3 is 0 Å². The highest BCUT2D eigenvalue weighted by molar-refractivity contribution is 5.98. The monoisotopic (exact) mass is 338 g/mol. The molecule has 2 aliphatic heterocycles. The van der Waals surface area contributed by atoms with Crippen molar-refractivity contribution in [2.24, 2.45) is 5.73 Å². The number of hydrogen-bond donors (Lipinski definition) is 1. The number of primary amides is 1. The summed E-state index contributed by atoms with van der Waals surface area (Å²) < 4.78 is 11.0. The summed E-state index contributed by atoms with van der Waals surface area (Å²) in [6, 6.07) is 11.9. The summed E-state index contributed by atoms with van der Waals surface area (Å²) in [5, 5.41) is 0. The summed E-state index contributed by atoms with van der Waals surface area (Å²) in [7, 11) is 0. The summed E-state index contributed by atoms with van der Waals surface area (Å²) in [6.45, 7) is 1.39.